The van der Waals surface area contributed by atoms with E-state index in [-0.39, 0.29) is 23.1 Å². The van der Waals surface area contributed by atoms with Crippen LogP contribution >= 0.6 is 0 Å². The summed E-state index contributed by atoms with van der Waals surface area (Å²) in [5, 5.41) is 2.90. The van der Waals surface area contributed by atoms with Crippen LogP contribution in [0.3, 0.4) is 0 Å². The summed E-state index contributed by atoms with van der Waals surface area (Å²) < 4.78 is 0. The van der Waals surface area contributed by atoms with Crippen LogP contribution in [0.25, 0.3) is 0 Å². The minimum absolute atomic E-state index is 0.0234. The van der Waals surface area contributed by atoms with Gasteiger partial charge < -0.3 is 11.1 Å². The third-order valence-corrected chi connectivity index (χ3v) is 4.24. The highest BCUT2D eigenvalue weighted by Crippen LogP contribution is 2.20. The molecule has 2 amide bonds. The highest BCUT2D eigenvalue weighted by atomic mass is 16.1. The molecule has 1 aromatic carbocycles. The number of hydrogen-bond donors (Lipinski definition) is 2. The molecule has 0 saturated carbocycles. The van der Waals surface area contributed by atoms with Crippen molar-refractivity contribution in [3.63, 3.8) is 0 Å². The number of hydrogen-bond acceptors (Lipinski definition) is 3. The molecule has 1 atom stereocenters. The van der Waals surface area contributed by atoms with Gasteiger partial charge in [0, 0.05) is 18.8 Å². The van der Waals surface area contributed by atoms with Crippen LogP contribution in [0.4, 0.5) is 5.69 Å². The Balaban J connectivity index is 1.95. The van der Waals surface area contributed by atoms with E-state index in [2.05, 4.69) is 31.0 Å². The topological polar surface area (TPSA) is 75.4 Å². The number of nitrogens with two attached hydrogens (primary N) is 1. The van der Waals surface area contributed by atoms with Crippen LogP contribution in [0.5, 0.6) is 0 Å². The largest absolute Gasteiger partial charge is 0.369 e. The normalized spacial score (nSPS) is 19.1. The van der Waals surface area contributed by atoms with E-state index in [1.165, 1.54) is 0 Å². The lowest BCUT2D eigenvalue weighted by Gasteiger charge is -2.31. The SMILES string of the molecule is CC(C)(C)/C=C/C(=O)Nc1cccc(CN2CCC[C@@H](C(N)=O)C2)c1. The van der Waals surface area contributed by atoms with Gasteiger partial charge in [-0.05, 0) is 48.6 Å². The second kappa shape index (κ2) is 8.30. The van der Waals surface area contributed by atoms with E-state index in [4.69, 9.17) is 5.73 Å². The minimum Gasteiger partial charge on any atom is -0.369 e. The van der Waals surface area contributed by atoms with Gasteiger partial charge in [0.2, 0.25) is 11.8 Å². The zero-order chi connectivity index (χ0) is 18.4. The predicted molar refractivity (Wildman–Crippen MR) is 101 cm³/mol. The number of amides is 2. The second-order valence-electron chi connectivity index (χ2n) is 7.87. The average Bonchev–Trinajstić information content (AvgIpc) is 2.53. The van der Waals surface area contributed by atoms with Crippen LogP contribution in [0.15, 0.2) is 36.4 Å². The zero-order valence-corrected chi connectivity index (χ0v) is 15.4. The van der Waals surface area contributed by atoms with Gasteiger partial charge in [0.15, 0.2) is 0 Å². The van der Waals surface area contributed by atoms with Gasteiger partial charge in [-0.25, -0.2) is 0 Å². The van der Waals surface area contributed by atoms with Crippen molar-refractivity contribution in [1.82, 2.24) is 4.90 Å². The molecular weight excluding hydrogens is 314 g/mol. The van der Waals surface area contributed by atoms with E-state index in [0.29, 0.717) is 6.54 Å². The van der Waals surface area contributed by atoms with Gasteiger partial charge >= 0.3 is 0 Å². The van der Waals surface area contributed by atoms with Crippen LogP contribution < -0.4 is 11.1 Å². The molecule has 1 fully saturated rings. The number of benzene rings is 1. The van der Waals surface area contributed by atoms with Crippen molar-refractivity contribution in [2.45, 2.75) is 40.2 Å². The second-order valence-corrected chi connectivity index (χ2v) is 7.87. The number of carbonyl (C=O) groups excluding carboxylic acids is 2. The highest BCUT2D eigenvalue weighted by molar-refractivity contribution is 5.99. The number of primary amides is 1. The molecule has 25 heavy (non-hydrogen) atoms. The summed E-state index contributed by atoms with van der Waals surface area (Å²) >= 11 is 0. The first-order valence-corrected chi connectivity index (χ1v) is 8.84. The van der Waals surface area contributed by atoms with Crippen LogP contribution in [0.1, 0.15) is 39.2 Å². The van der Waals surface area contributed by atoms with Crippen LogP contribution in [-0.4, -0.2) is 29.8 Å². The molecule has 5 nitrogen and oxygen atoms in total. The molecular formula is C20H29N3O2. The fourth-order valence-corrected chi connectivity index (χ4v) is 2.95. The molecule has 0 bridgehead atoms. The summed E-state index contributed by atoms with van der Waals surface area (Å²) in [5.74, 6) is -0.394. The Bertz CT molecular complexity index is 647. The van der Waals surface area contributed by atoms with Gasteiger partial charge in [-0.2, -0.15) is 0 Å². The third-order valence-electron chi connectivity index (χ3n) is 4.24. The minimum atomic E-state index is -0.212. The maximum atomic E-state index is 12.0. The van der Waals surface area contributed by atoms with E-state index >= 15 is 0 Å². The fraction of sp³-hybridized carbons (Fsp3) is 0.500. The van der Waals surface area contributed by atoms with E-state index in [1.54, 1.807) is 6.08 Å². The molecule has 1 heterocycles. The zero-order valence-electron chi connectivity index (χ0n) is 15.4. The Morgan fingerprint density at radius 1 is 1.36 bits per heavy atom. The Hall–Kier alpha value is -2.14. The van der Waals surface area contributed by atoms with E-state index in [0.717, 1.165) is 37.2 Å². The Kier molecular flexibility index (Phi) is 6.37. The van der Waals surface area contributed by atoms with E-state index in [1.807, 2.05) is 30.3 Å². The number of carbonyl (C=O) groups is 2. The van der Waals surface area contributed by atoms with E-state index < -0.39 is 0 Å². The first kappa shape index (κ1) is 19.2. The molecule has 0 spiro atoms. The molecule has 0 aromatic heterocycles. The van der Waals surface area contributed by atoms with Crippen molar-refractivity contribution in [3.8, 4) is 0 Å². The van der Waals surface area contributed by atoms with E-state index in [9.17, 15) is 9.59 Å². The lowest BCUT2D eigenvalue weighted by molar-refractivity contribution is -0.123. The lowest BCUT2D eigenvalue weighted by atomic mass is 9.96. The Labute approximate surface area is 150 Å². The van der Waals surface area contributed by atoms with Crippen LogP contribution in [-0.2, 0) is 16.1 Å². The summed E-state index contributed by atoms with van der Waals surface area (Å²) in [6, 6.07) is 7.84. The molecule has 0 radical (unpaired) electrons. The van der Waals surface area contributed by atoms with Gasteiger partial charge in [0.05, 0.1) is 5.92 Å². The van der Waals surface area contributed by atoms with Gasteiger partial charge in [-0.1, -0.05) is 39.0 Å². The predicted octanol–water partition coefficient (Wildman–Crippen LogP) is 2.92. The maximum absolute atomic E-state index is 12.0. The highest BCUT2D eigenvalue weighted by Gasteiger charge is 2.23. The molecule has 5 heteroatoms. The summed E-state index contributed by atoms with van der Waals surface area (Å²) in [6.45, 7) is 8.58. The Morgan fingerprint density at radius 3 is 2.80 bits per heavy atom. The number of rotatable bonds is 5. The first-order chi connectivity index (χ1) is 11.7. The Morgan fingerprint density at radius 2 is 2.12 bits per heavy atom. The van der Waals surface area contributed by atoms with Crippen molar-refractivity contribution >= 4 is 17.5 Å². The molecule has 1 aromatic rings. The van der Waals surface area contributed by atoms with Crippen molar-refractivity contribution < 1.29 is 9.59 Å². The van der Waals surface area contributed by atoms with Gasteiger partial charge in [0.1, 0.15) is 0 Å². The van der Waals surface area contributed by atoms with Crippen LogP contribution in [0.2, 0.25) is 0 Å². The van der Waals surface area contributed by atoms with Crippen LogP contribution in [0, 0.1) is 11.3 Å². The first-order valence-electron chi connectivity index (χ1n) is 8.84. The van der Waals surface area contributed by atoms with Gasteiger partial charge in [-0.15, -0.1) is 0 Å². The quantitative estimate of drug-likeness (QED) is 0.807. The maximum Gasteiger partial charge on any atom is 0.248 e. The molecule has 1 aliphatic rings. The summed E-state index contributed by atoms with van der Waals surface area (Å²) in [6.07, 6.45) is 5.34. The number of likely N-dealkylation sites (tertiary alicyclic amines) is 1. The standard InChI is InChI=1S/C20H29N3O2/c1-20(2,3)10-9-18(24)22-17-8-4-6-15(12-17)13-23-11-5-7-16(14-23)19(21)25/h4,6,8-10,12,16H,5,7,11,13-14H2,1-3H3,(H2,21,25)(H,22,24)/b10-9+/t16-/m1/s1. The monoisotopic (exact) mass is 343 g/mol. The summed E-state index contributed by atoms with van der Waals surface area (Å²) in [4.78, 5) is 25.7. The summed E-state index contributed by atoms with van der Waals surface area (Å²) in [7, 11) is 0. The van der Waals surface area contributed by atoms with Crippen molar-refractivity contribution in [2.75, 3.05) is 18.4 Å². The molecule has 136 valence electrons. The molecule has 1 saturated heterocycles. The number of anilines is 1. The van der Waals surface area contributed by atoms with Gasteiger partial charge in [0.25, 0.3) is 0 Å². The van der Waals surface area contributed by atoms with Crippen molar-refractivity contribution in [3.05, 3.63) is 42.0 Å². The van der Waals surface area contributed by atoms with Gasteiger partial charge in [-0.3, -0.25) is 14.5 Å². The smallest absolute Gasteiger partial charge is 0.248 e. The molecule has 0 unspecified atom stereocenters. The number of nitrogens with one attached hydrogen (secondary N) is 1. The third kappa shape index (κ3) is 6.70. The number of piperidine rings is 1. The average molecular weight is 343 g/mol. The fourth-order valence-electron chi connectivity index (χ4n) is 2.95. The molecule has 3 N–H and O–H groups in total. The summed E-state index contributed by atoms with van der Waals surface area (Å²) in [5.41, 5.74) is 7.31. The van der Waals surface area contributed by atoms with Crippen molar-refractivity contribution in [2.24, 2.45) is 17.1 Å². The molecule has 1 aliphatic heterocycles. The number of nitrogens with zero attached hydrogens (tertiary/aromatic N) is 1. The molecule has 2 rings (SSSR count). The number of allylic oxidation sites excluding steroid dienone is 1. The lowest BCUT2D eigenvalue weighted by Crippen LogP contribution is -2.40. The van der Waals surface area contributed by atoms with Crippen molar-refractivity contribution in [1.29, 1.82) is 0 Å². The molecule has 0 aliphatic carbocycles.